The summed E-state index contributed by atoms with van der Waals surface area (Å²) in [6.07, 6.45) is 1.96. The van der Waals surface area contributed by atoms with E-state index in [1.807, 2.05) is 0 Å². The number of nitro benzene ring substituents is 1. The van der Waals surface area contributed by atoms with E-state index in [4.69, 9.17) is 0 Å². The SMILES string of the molecule is CCc1cn[nH]c1NS(=O)(=O)c1ccc(F)cc1[N+](=O)[O-]. The molecule has 112 valence electrons. The normalized spacial score (nSPS) is 11.3. The van der Waals surface area contributed by atoms with E-state index < -0.39 is 31.3 Å². The van der Waals surface area contributed by atoms with E-state index in [0.29, 0.717) is 18.1 Å². The molecule has 1 aromatic carbocycles. The summed E-state index contributed by atoms with van der Waals surface area (Å²) in [4.78, 5) is 9.30. The van der Waals surface area contributed by atoms with Crippen molar-refractivity contribution in [2.24, 2.45) is 0 Å². The van der Waals surface area contributed by atoms with Crippen LogP contribution in [0.5, 0.6) is 0 Å². The molecule has 0 fully saturated rings. The van der Waals surface area contributed by atoms with Gasteiger partial charge in [0.1, 0.15) is 11.6 Å². The number of aromatic amines is 1. The van der Waals surface area contributed by atoms with Gasteiger partial charge in [-0.05, 0) is 18.6 Å². The number of hydrogen-bond acceptors (Lipinski definition) is 5. The van der Waals surface area contributed by atoms with Crippen LogP contribution in [0.25, 0.3) is 0 Å². The van der Waals surface area contributed by atoms with Gasteiger partial charge in [-0.25, -0.2) is 12.8 Å². The third-order valence-electron chi connectivity index (χ3n) is 2.74. The monoisotopic (exact) mass is 314 g/mol. The topological polar surface area (TPSA) is 118 Å². The lowest BCUT2D eigenvalue weighted by atomic mass is 10.3. The number of nitrogens with zero attached hydrogens (tertiary/aromatic N) is 2. The number of nitrogens with one attached hydrogen (secondary N) is 2. The second-order valence-electron chi connectivity index (χ2n) is 4.10. The number of benzene rings is 1. The molecule has 0 aliphatic carbocycles. The van der Waals surface area contributed by atoms with Crippen LogP contribution in [0.1, 0.15) is 12.5 Å². The highest BCUT2D eigenvalue weighted by atomic mass is 32.2. The highest BCUT2D eigenvalue weighted by Gasteiger charge is 2.27. The number of nitro groups is 1. The van der Waals surface area contributed by atoms with E-state index >= 15 is 0 Å². The summed E-state index contributed by atoms with van der Waals surface area (Å²) in [6, 6.07) is 2.25. The predicted octanol–water partition coefficient (Wildman–Crippen LogP) is 1.82. The highest BCUT2D eigenvalue weighted by molar-refractivity contribution is 7.92. The summed E-state index contributed by atoms with van der Waals surface area (Å²) < 4.78 is 39.7. The van der Waals surface area contributed by atoms with Crippen LogP contribution in [-0.4, -0.2) is 23.5 Å². The zero-order valence-electron chi connectivity index (χ0n) is 10.8. The van der Waals surface area contributed by atoms with E-state index in [9.17, 15) is 22.9 Å². The summed E-state index contributed by atoms with van der Waals surface area (Å²) in [7, 11) is -4.24. The van der Waals surface area contributed by atoms with Crippen molar-refractivity contribution in [3.05, 3.63) is 45.9 Å². The number of rotatable bonds is 5. The Morgan fingerprint density at radius 3 is 2.81 bits per heavy atom. The molecule has 8 nitrogen and oxygen atoms in total. The molecule has 2 aromatic rings. The summed E-state index contributed by atoms with van der Waals surface area (Å²) in [5.41, 5.74) is -0.233. The van der Waals surface area contributed by atoms with Gasteiger partial charge >= 0.3 is 0 Å². The minimum absolute atomic E-state index is 0.121. The number of anilines is 1. The van der Waals surface area contributed by atoms with Crippen LogP contribution in [0.3, 0.4) is 0 Å². The standard InChI is InChI=1S/C11H11FN4O4S/c1-2-7-6-13-14-11(7)15-21(19,20)10-4-3-8(12)5-9(10)16(17)18/h3-6H,2H2,1H3,(H2,13,14,15). The Labute approximate surface area is 119 Å². The molecule has 1 heterocycles. The van der Waals surface area contributed by atoms with Crippen molar-refractivity contribution >= 4 is 21.5 Å². The van der Waals surface area contributed by atoms with E-state index in [2.05, 4.69) is 14.9 Å². The number of sulfonamides is 1. The molecular formula is C11H11FN4O4S. The zero-order chi connectivity index (χ0) is 15.6. The van der Waals surface area contributed by atoms with Gasteiger partial charge in [-0.3, -0.25) is 19.9 Å². The largest absolute Gasteiger partial charge is 0.292 e. The molecule has 0 radical (unpaired) electrons. The molecule has 0 unspecified atom stereocenters. The van der Waals surface area contributed by atoms with Gasteiger partial charge in [0, 0.05) is 5.56 Å². The molecule has 0 aliphatic rings. The maximum absolute atomic E-state index is 13.1. The Morgan fingerprint density at radius 1 is 1.48 bits per heavy atom. The van der Waals surface area contributed by atoms with Gasteiger partial charge < -0.3 is 0 Å². The lowest BCUT2D eigenvalue weighted by molar-refractivity contribution is -0.388. The van der Waals surface area contributed by atoms with Gasteiger partial charge in [0.25, 0.3) is 15.7 Å². The van der Waals surface area contributed by atoms with Crippen LogP contribution in [0.2, 0.25) is 0 Å². The Hall–Kier alpha value is -2.49. The van der Waals surface area contributed by atoms with Gasteiger partial charge in [0.05, 0.1) is 17.2 Å². The number of hydrogen-bond donors (Lipinski definition) is 2. The fraction of sp³-hybridized carbons (Fsp3) is 0.182. The second-order valence-corrected chi connectivity index (χ2v) is 5.75. The predicted molar refractivity (Wildman–Crippen MR) is 71.8 cm³/mol. The van der Waals surface area contributed by atoms with Crippen LogP contribution in [0.15, 0.2) is 29.3 Å². The number of aryl methyl sites for hydroxylation is 1. The Morgan fingerprint density at radius 2 is 2.19 bits per heavy atom. The van der Waals surface area contributed by atoms with Crippen molar-refractivity contribution in [3.63, 3.8) is 0 Å². The molecule has 2 N–H and O–H groups in total. The third kappa shape index (κ3) is 2.99. The van der Waals surface area contributed by atoms with Gasteiger partial charge in [-0.2, -0.15) is 5.10 Å². The average Bonchev–Trinajstić information content (AvgIpc) is 2.84. The Balaban J connectivity index is 2.47. The lowest BCUT2D eigenvalue weighted by Gasteiger charge is -2.08. The first-order valence-corrected chi connectivity index (χ1v) is 7.32. The summed E-state index contributed by atoms with van der Waals surface area (Å²) in [5, 5.41) is 17.0. The smallest absolute Gasteiger partial charge is 0.263 e. The van der Waals surface area contributed by atoms with E-state index in [1.54, 1.807) is 6.92 Å². The fourth-order valence-corrected chi connectivity index (χ4v) is 2.93. The molecule has 21 heavy (non-hydrogen) atoms. The van der Waals surface area contributed by atoms with Gasteiger partial charge in [0.2, 0.25) is 0 Å². The summed E-state index contributed by atoms with van der Waals surface area (Å²) in [5.74, 6) is -0.771. The third-order valence-corrected chi connectivity index (χ3v) is 4.14. The van der Waals surface area contributed by atoms with Crippen LogP contribution >= 0.6 is 0 Å². The van der Waals surface area contributed by atoms with Crippen molar-refractivity contribution in [1.29, 1.82) is 0 Å². The molecule has 0 amide bonds. The summed E-state index contributed by atoms with van der Waals surface area (Å²) >= 11 is 0. The van der Waals surface area contributed by atoms with Crippen molar-refractivity contribution in [2.75, 3.05) is 4.72 Å². The number of halogens is 1. The second kappa shape index (κ2) is 5.48. The molecule has 1 aromatic heterocycles. The molecule has 10 heteroatoms. The number of aromatic nitrogens is 2. The molecular weight excluding hydrogens is 303 g/mol. The quantitative estimate of drug-likeness (QED) is 0.644. The molecule has 0 saturated carbocycles. The van der Waals surface area contributed by atoms with Crippen LogP contribution in [0.4, 0.5) is 15.9 Å². The molecule has 0 saturated heterocycles. The number of H-pyrrole nitrogens is 1. The maximum atomic E-state index is 13.1. The molecule has 2 rings (SSSR count). The maximum Gasteiger partial charge on any atom is 0.292 e. The van der Waals surface area contributed by atoms with Crippen molar-refractivity contribution < 1.29 is 17.7 Å². The van der Waals surface area contributed by atoms with Gasteiger partial charge in [-0.15, -0.1) is 0 Å². The van der Waals surface area contributed by atoms with Gasteiger partial charge in [0.15, 0.2) is 4.90 Å². The summed E-state index contributed by atoms with van der Waals surface area (Å²) in [6.45, 7) is 1.79. The highest BCUT2D eigenvalue weighted by Crippen LogP contribution is 2.26. The van der Waals surface area contributed by atoms with E-state index in [-0.39, 0.29) is 5.82 Å². The van der Waals surface area contributed by atoms with Crippen molar-refractivity contribution in [2.45, 2.75) is 18.2 Å². The fourth-order valence-electron chi connectivity index (χ4n) is 1.72. The van der Waals surface area contributed by atoms with Crippen LogP contribution in [0, 0.1) is 15.9 Å². The minimum Gasteiger partial charge on any atom is -0.263 e. The zero-order valence-corrected chi connectivity index (χ0v) is 11.6. The lowest BCUT2D eigenvalue weighted by Crippen LogP contribution is -2.16. The van der Waals surface area contributed by atoms with Crippen LogP contribution < -0.4 is 4.72 Å². The first kappa shape index (κ1) is 14.9. The minimum atomic E-state index is -4.24. The van der Waals surface area contributed by atoms with Gasteiger partial charge in [-0.1, -0.05) is 6.92 Å². The molecule has 0 spiro atoms. The first-order valence-electron chi connectivity index (χ1n) is 5.84. The molecule has 0 atom stereocenters. The van der Waals surface area contributed by atoms with Crippen molar-refractivity contribution in [1.82, 2.24) is 10.2 Å². The van der Waals surface area contributed by atoms with Crippen molar-refractivity contribution in [3.8, 4) is 0 Å². The Kier molecular flexibility index (Phi) is 3.89. The van der Waals surface area contributed by atoms with Crippen LogP contribution in [-0.2, 0) is 16.4 Å². The van der Waals surface area contributed by atoms with E-state index in [1.165, 1.54) is 6.20 Å². The van der Waals surface area contributed by atoms with E-state index in [0.717, 1.165) is 12.1 Å². The molecule has 0 bridgehead atoms. The molecule has 0 aliphatic heterocycles. The Bertz CT molecular complexity index is 787. The average molecular weight is 314 g/mol. The first-order chi connectivity index (χ1) is 9.85.